The summed E-state index contributed by atoms with van der Waals surface area (Å²) in [6.45, 7) is 1.84. The molecular formula is C26H21NO5S. The summed E-state index contributed by atoms with van der Waals surface area (Å²) in [5.41, 5.74) is 1.79. The van der Waals surface area contributed by atoms with Crippen molar-refractivity contribution in [1.82, 2.24) is 0 Å². The maximum Gasteiger partial charge on any atom is 0.272 e. The van der Waals surface area contributed by atoms with E-state index in [9.17, 15) is 14.9 Å². The van der Waals surface area contributed by atoms with Crippen LogP contribution in [0.3, 0.4) is 0 Å². The Morgan fingerprint density at radius 2 is 1.91 bits per heavy atom. The molecule has 0 unspecified atom stereocenters. The molecule has 33 heavy (non-hydrogen) atoms. The van der Waals surface area contributed by atoms with Gasteiger partial charge in [0.15, 0.2) is 5.78 Å². The van der Waals surface area contributed by atoms with Crippen molar-refractivity contribution >= 4 is 28.9 Å². The molecule has 0 aliphatic heterocycles. The van der Waals surface area contributed by atoms with Gasteiger partial charge in [-0.25, -0.2) is 0 Å². The van der Waals surface area contributed by atoms with Crippen LogP contribution in [0.15, 0.2) is 83.3 Å². The number of aryl methyl sites for hydroxylation is 1. The van der Waals surface area contributed by atoms with E-state index in [1.807, 2.05) is 30.3 Å². The van der Waals surface area contributed by atoms with Crippen LogP contribution in [0.5, 0.6) is 5.75 Å². The van der Waals surface area contributed by atoms with Gasteiger partial charge in [0.05, 0.1) is 9.80 Å². The lowest BCUT2D eigenvalue weighted by atomic mass is 10.1. The molecule has 2 aromatic carbocycles. The van der Waals surface area contributed by atoms with Crippen LogP contribution < -0.4 is 4.74 Å². The highest BCUT2D eigenvalue weighted by atomic mass is 32.1. The molecule has 0 saturated heterocycles. The van der Waals surface area contributed by atoms with Gasteiger partial charge in [-0.1, -0.05) is 30.3 Å². The van der Waals surface area contributed by atoms with E-state index >= 15 is 0 Å². The maximum atomic E-state index is 12.5. The lowest BCUT2D eigenvalue weighted by Crippen LogP contribution is -1.96. The monoisotopic (exact) mass is 459 g/mol. The van der Waals surface area contributed by atoms with Gasteiger partial charge < -0.3 is 9.15 Å². The number of ether oxygens (including phenoxy) is 1. The molecule has 0 saturated carbocycles. The van der Waals surface area contributed by atoms with E-state index in [1.165, 1.54) is 29.0 Å². The number of hydrogen-bond acceptors (Lipinski definition) is 6. The zero-order valence-corrected chi connectivity index (χ0v) is 18.7. The van der Waals surface area contributed by atoms with Crippen molar-refractivity contribution in [3.8, 4) is 5.75 Å². The average molecular weight is 460 g/mol. The molecule has 0 bridgehead atoms. The molecule has 0 amide bonds. The number of hydrogen-bond donors (Lipinski definition) is 0. The molecule has 7 heteroatoms. The second-order valence-electron chi connectivity index (χ2n) is 7.42. The molecule has 0 fully saturated rings. The third-order valence-electron chi connectivity index (χ3n) is 4.95. The standard InChI is InChI=1S/C26H21NO5S/c1-18-15-21(9-12-24(18)27(29)30)31-17-22-8-7-20(32-22)10-13-25(28)26-14-11-23(33-26)16-19-5-3-2-4-6-19/h2-15H,16-17H2,1H3/b13-10+. The number of thiophene rings is 1. The normalized spacial score (nSPS) is 11.1. The van der Waals surface area contributed by atoms with Crippen LogP contribution >= 0.6 is 11.3 Å². The van der Waals surface area contributed by atoms with Crippen molar-refractivity contribution in [2.24, 2.45) is 0 Å². The fourth-order valence-corrected chi connectivity index (χ4v) is 4.24. The number of nitrogens with zero attached hydrogens (tertiary/aromatic N) is 1. The van der Waals surface area contributed by atoms with Crippen LogP contribution in [0.1, 0.15) is 37.2 Å². The van der Waals surface area contributed by atoms with Gasteiger partial charge in [-0.3, -0.25) is 14.9 Å². The zero-order chi connectivity index (χ0) is 23.2. The number of rotatable bonds is 9. The van der Waals surface area contributed by atoms with Gasteiger partial charge in [0.1, 0.15) is 23.9 Å². The number of furan rings is 1. The summed E-state index contributed by atoms with van der Waals surface area (Å²) >= 11 is 1.49. The van der Waals surface area contributed by atoms with Gasteiger partial charge >= 0.3 is 0 Å². The fourth-order valence-electron chi connectivity index (χ4n) is 3.28. The van der Waals surface area contributed by atoms with Crippen molar-refractivity contribution in [2.45, 2.75) is 20.0 Å². The number of carbonyl (C=O) groups excluding carboxylic acids is 1. The van der Waals surface area contributed by atoms with E-state index in [1.54, 1.807) is 37.3 Å². The molecule has 0 radical (unpaired) electrons. The van der Waals surface area contributed by atoms with Crippen molar-refractivity contribution in [2.75, 3.05) is 0 Å². The van der Waals surface area contributed by atoms with Gasteiger partial charge in [0, 0.05) is 22.9 Å². The molecule has 4 rings (SSSR count). The van der Waals surface area contributed by atoms with E-state index in [0.717, 1.165) is 11.3 Å². The highest BCUT2D eigenvalue weighted by molar-refractivity contribution is 7.14. The van der Waals surface area contributed by atoms with Crippen molar-refractivity contribution < 1.29 is 18.9 Å². The van der Waals surface area contributed by atoms with Crippen molar-refractivity contribution in [1.29, 1.82) is 0 Å². The summed E-state index contributed by atoms with van der Waals surface area (Å²) in [5, 5.41) is 10.9. The summed E-state index contributed by atoms with van der Waals surface area (Å²) in [6.07, 6.45) is 3.94. The Balaban J connectivity index is 1.32. The van der Waals surface area contributed by atoms with Crippen molar-refractivity contribution in [3.05, 3.63) is 121 Å². The first-order valence-electron chi connectivity index (χ1n) is 10.3. The van der Waals surface area contributed by atoms with Gasteiger partial charge in [-0.15, -0.1) is 11.3 Å². The molecule has 4 aromatic rings. The second kappa shape index (κ2) is 10.1. The van der Waals surface area contributed by atoms with Crippen molar-refractivity contribution in [3.63, 3.8) is 0 Å². The van der Waals surface area contributed by atoms with E-state index < -0.39 is 4.92 Å². The van der Waals surface area contributed by atoms with Crippen LogP contribution in [0.2, 0.25) is 0 Å². The molecule has 2 aromatic heterocycles. The summed E-state index contributed by atoms with van der Waals surface area (Å²) in [5.74, 6) is 1.57. The Kier molecular flexibility index (Phi) is 6.80. The summed E-state index contributed by atoms with van der Waals surface area (Å²) in [7, 11) is 0. The van der Waals surface area contributed by atoms with Gasteiger partial charge in [-0.2, -0.15) is 0 Å². The van der Waals surface area contributed by atoms with Gasteiger partial charge in [0.2, 0.25) is 0 Å². The van der Waals surface area contributed by atoms with Gasteiger partial charge in [0.25, 0.3) is 5.69 Å². The second-order valence-corrected chi connectivity index (χ2v) is 8.59. The van der Waals surface area contributed by atoms with Crippen LogP contribution in [0.25, 0.3) is 6.08 Å². The Hall–Kier alpha value is -3.97. The number of carbonyl (C=O) groups is 1. The number of ketones is 1. The zero-order valence-electron chi connectivity index (χ0n) is 17.9. The highest BCUT2D eigenvalue weighted by Crippen LogP contribution is 2.24. The number of nitro groups is 1. The smallest absolute Gasteiger partial charge is 0.272 e. The SMILES string of the molecule is Cc1cc(OCc2ccc(/C=C/C(=O)c3ccc(Cc4ccccc4)s3)o2)ccc1[N+](=O)[O-]. The Morgan fingerprint density at radius 3 is 2.67 bits per heavy atom. The third kappa shape index (κ3) is 5.84. The molecule has 0 aliphatic rings. The molecule has 166 valence electrons. The molecule has 0 spiro atoms. The molecular weight excluding hydrogens is 438 g/mol. The minimum atomic E-state index is -0.425. The lowest BCUT2D eigenvalue weighted by Gasteiger charge is -2.05. The van der Waals surface area contributed by atoms with E-state index in [-0.39, 0.29) is 18.1 Å². The first-order valence-corrected chi connectivity index (χ1v) is 11.1. The molecule has 0 N–H and O–H groups in total. The number of nitro benzene ring substituents is 1. The minimum Gasteiger partial charge on any atom is -0.486 e. The Morgan fingerprint density at radius 1 is 1.09 bits per heavy atom. The predicted octanol–water partition coefficient (Wildman–Crippen LogP) is 6.62. The Labute approximate surface area is 194 Å². The molecule has 2 heterocycles. The largest absolute Gasteiger partial charge is 0.486 e. The van der Waals surface area contributed by atoms with E-state index in [4.69, 9.17) is 9.15 Å². The first kappa shape index (κ1) is 22.2. The summed E-state index contributed by atoms with van der Waals surface area (Å²) in [6, 6.07) is 22.1. The van der Waals surface area contributed by atoms with Crippen LogP contribution in [-0.2, 0) is 13.0 Å². The maximum absolute atomic E-state index is 12.5. The first-order chi connectivity index (χ1) is 16.0. The third-order valence-corrected chi connectivity index (χ3v) is 6.05. The number of allylic oxidation sites excluding steroid dienone is 1. The lowest BCUT2D eigenvalue weighted by molar-refractivity contribution is -0.385. The summed E-state index contributed by atoms with van der Waals surface area (Å²) in [4.78, 5) is 24.8. The van der Waals surface area contributed by atoms with Gasteiger partial charge in [-0.05, 0) is 61.0 Å². The molecule has 0 atom stereocenters. The van der Waals surface area contributed by atoms with Crippen LogP contribution in [-0.4, -0.2) is 10.7 Å². The van der Waals surface area contributed by atoms with E-state index in [2.05, 4.69) is 12.1 Å². The topological polar surface area (TPSA) is 82.6 Å². The van der Waals surface area contributed by atoms with Crippen LogP contribution in [0, 0.1) is 17.0 Å². The quantitative estimate of drug-likeness (QED) is 0.121. The molecule has 6 nitrogen and oxygen atoms in total. The highest BCUT2D eigenvalue weighted by Gasteiger charge is 2.11. The molecule has 0 aliphatic carbocycles. The fraction of sp³-hybridized carbons (Fsp3) is 0.115. The summed E-state index contributed by atoms with van der Waals surface area (Å²) < 4.78 is 11.4. The average Bonchev–Trinajstić information content (AvgIpc) is 3.46. The minimum absolute atomic E-state index is 0.0513. The Bertz CT molecular complexity index is 1300. The predicted molar refractivity (Wildman–Crippen MR) is 128 cm³/mol. The van der Waals surface area contributed by atoms with E-state index in [0.29, 0.717) is 27.7 Å². The number of benzene rings is 2. The van der Waals surface area contributed by atoms with Crippen LogP contribution in [0.4, 0.5) is 5.69 Å².